The summed E-state index contributed by atoms with van der Waals surface area (Å²) in [6.07, 6.45) is 1.31. The maximum atomic E-state index is 12.4. The van der Waals surface area contributed by atoms with E-state index in [0.717, 1.165) is 0 Å². The molecule has 0 atom stereocenters. The van der Waals surface area contributed by atoms with Crippen LogP contribution in [-0.4, -0.2) is 38.2 Å². The van der Waals surface area contributed by atoms with Crippen LogP contribution in [0.5, 0.6) is 17.2 Å². The maximum Gasteiger partial charge on any atom is 0.345 e. The summed E-state index contributed by atoms with van der Waals surface area (Å²) in [5, 5.41) is 6.48. The zero-order valence-electron chi connectivity index (χ0n) is 18.2. The van der Waals surface area contributed by atoms with E-state index in [-0.39, 0.29) is 22.1 Å². The van der Waals surface area contributed by atoms with Crippen LogP contribution < -0.4 is 25.0 Å². The Balaban J connectivity index is 1.60. The summed E-state index contributed by atoms with van der Waals surface area (Å²) in [6.45, 7) is 0. The van der Waals surface area contributed by atoms with Crippen LogP contribution in [0.25, 0.3) is 0 Å². The number of ether oxygens (including phenoxy) is 3. The molecule has 0 spiro atoms. The van der Waals surface area contributed by atoms with Gasteiger partial charge in [0.2, 0.25) is 0 Å². The molecule has 174 valence electrons. The van der Waals surface area contributed by atoms with Crippen molar-refractivity contribution in [3.63, 3.8) is 0 Å². The summed E-state index contributed by atoms with van der Waals surface area (Å²) < 4.78 is 15.7. The van der Waals surface area contributed by atoms with Gasteiger partial charge in [0, 0.05) is 5.69 Å². The van der Waals surface area contributed by atoms with Gasteiger partial charge >= 0.3 is 17.8 Å². The number of hydrogen-bond donors (Lipinski definition) is 2. The number of anilines is 1. The van der Waals surface area contributed by atoms with Crippen molar-refractivity contribution < 1.29 is 28.6 Å². The number of methoxy groups -OCH3 is 2. The van der Waals surface area contributed by atoms with Gasteiger partial charge in [-0.25, -0.2) is 10.2 Å². The quantitative estimate of drug-likeness (QED) is 0.175. The first kappa shape index (κ1) is 24.3. The first-order chi connectivity index (χ1) is 16.4. The van der Waals surface area contributed by atoms with Crippen LogP contribution in [0.15, 0.2) is 71.8 Å². The predicted molar refractivity (Wildman–Crippen MR) is 127 cm³/mol. The van der Waals surface area contributed by atoms with E-state index in [4.69, 9.17) is 25.8 Å². The van der Waals surface area contributed by atoms with Crippen molar-refractivity contribution >= 4 is 41.3 Å². The largest absolute Gasteiger partial charge is 0.497 e. The Morgan fingerprint density at radius 3 is 2.29 bits per heavy atom. The van der Waals surface area contributed by atoms with Crippen molar-refractivity contribution in [3.05, 3.63) is 82.9 Å². The number of benzene rings is 3. The van der Waals surface area contributed by atoms with Gasteiger partial charge in [0.05, 0.1) is 31.0 Å². The SMILES string of the molecule is COc1ccc(NC(=O)C(=O)N/N=C/c2ccc(OC(=O)c3ccccc3Cl)c(OC)c2)cc1. The molecule has 0 unspecified atom stereocenters. The topological polar surface area (TPSA) is 115 Å². The first-order valence-electron chi connectivity index (χ1n) is 9.84. The van der Waals surface area contributed by atoms with Gasteiger partial charge in [-0.1, -0.05) is 23.7 Å². The average Bonchev–Trinajstić information content (AvgIpc) is 2.85. The molecule has 2 N–H and O–H groups in total. The summed E-state index contributed by atoms with van der Waals surface area (Å²) in [5.74, 6) is -1.43. The van der Waals surface area contributed by atoms with Crippen molar-refractivity contribution in [1.29, 1.82) is 0 Å². The van der Waals surface area contributed by atoms with Gasteiger partial charge in [0.1, 0.15) is 5.75 Å². The Bertz CT molecular complexity index is 1230. The van der Waals surface area contributed by atoms with Gasteiger partial charge in [0.15, 0.2) is 11.5 Å². The van der Waals surface area contributed by atoms with Crippen molar-refractivity contribution in [2.24, 2.45) is 5.10 Å². The second kappa shape index (κ2) is 11.5. The third-order valence-corrected chi connectivity index (χ3v) is 4.75. The van der Waals surface area contributed by atoms with Crippen LogP contribution in [-0.2, 0) is 9.59 Å². The van der Waals surface area contributed by atoms with E-state index in [1.165, 1.54) is 26.5 Å². The Kier molecular flexibility index (Phi) is 8.20. The highest BCUT2D eigenvalue weighted by Gasteiger charge is 2.16. The van der Waals surface area contributed by atoms with Gasteiger partial charge in [-0.2, -0.15) is 5.10 Å². The predicted octanol–water partition coefficient (Wildman–Crippen LogP) is 3.67. The standard InChI is InChI=1S/C24H20ClN3O6/c1-32-17-10-8-16(9-11-17)27-22(29)23(30)28-26-14-15-7-12-20(21(13-15)33-2)34-24(31)18-5-3-4-6-19(18)25/h3-14H,1-2H3,(H,27,29)(H,28,30)/b26-14+. The van der Waals surface area contributed by atoms with Gasteiger partial charge in [-0.15, -0.1) is 0 Å². The lowest BCUT2D eigenvalue weighted by molar-refractivity contribution is -0.136. The molecule has 0 saturated carbocycles. The Morgan fingerprint density at radius 1 is 0.882 bits per heavy atom. The number of hydrogen-bond acceptors (Lipinski definition) is 7. The summed E-state index contributed by atoms with van der Waals surface area (Å²) in [5.41, 5.74) is 3.30. The molecule has 0 aromatic heterocycles. The van der Waals surface area contributed by atoms with Gasteiger partial charge in [0.25, 0.3) is 0 Å². The number of amides is 2. The number of carbonyl (C=O) groups is 3. The minimum atomic E-state index is -0.954. The highest BCUT2D eigenvalue weighted by molar-refractivity contribution is 6.39. The molecule has 34 heavy (non-hydrogen) atoms. The Morgan fingerprint density at radius 2 is 1.62 bits per heavy atom. The van der Waals surface area contributed by atoms with E-state index < -0.39 is 17.8 Å². The van der Waals surface area contributed by atoms with Gasteiger partial charge < -0.3 is 19.5 Å². The number of carbonyl (C=O) groups excluding carboxylic acids is 3. The molecule has 0 aliphatic rings. The molecule has 0 radical (unpaired) electrons. The minimum absolute atomic E-state index is 0.174. The normalized spacial score (nSPS) is 10.4. The summed E-state index contributed by atoms with van der Waals surface area (Å²) in [7, 11) is 2.93. The molecule has 0 bridgehead atoms. The summed E-state index contributed by atoms with van der Waals surface area (Å²) in [4.78, 5) is 36.3. The van der Waals surface area contributed by atoms with E-state index >= 15 is 0 Å². The third kappa shape index (κ3) is 6.33. The number of rotatable bonds is 7. The molecule has 3 aromatic carbocycles. The molecular formula is C24H20ClN3O6. The molecule has 9 nitrogen and oxygen atoms in total. The van der Waals surface area contributed by atoms with Crippen LogP contribution in [0, 0.1) is 0 Å². The highest BCUT2D eigenvalue weighted by Crippen LogP contribution is 2.29. The fraction of sp³-hybridized carbons (Fsp3) is 0.0833. The number of esters is 1. The monoisotopic (exact) mass is 481 g/mol. The second-order valence-electron chi connectivity index (χ2n) is 6.66. The lowest BCUT2D eigenvalue weighted by Crippen LogP contribution is -2.32. The van der Waals surface area contributed by atoms with Crippen LogP contribution in [0.1, 0.15) is 15.9 Å². The van der Waals surface area contributed by atoms with E-state index in [1.54, 1.807) is 60.7 Å². The average molecular weight is 482 g/mol. The fourth-order valence-corrected chi connectivity index (χ4v) is 2.92. The Labute approximate surface area is 200 Å². The zero-order chi connectivity index (χ0) is 24.5. The summed E-state index contributed by atoms with van der Waals surface area (Å²) in [6, 6.07) is 17.6. The lowest BCUT2D eigenvalue weighted by Gasteiger charge is -2.10. The molecule has 10 heteroatoms. The van der Waals surface area contributed by atoms with E-state index in [2.05, 4.69) is 15.8 Å². The fourth-order valence-electron chi connectivity index (χ4n) is 2.71. The molecule has 3 aromatic rings. The molecule has 3 rings (SSSR count). The number of nitrogens with zero attached hydrogens (tertiary/aromatic N) is 1. The van der Waals surface area contributed by atoms with Crippen molar-refractivity contribution in [2.75, 3.05) is 19.5 Å². The molecule has 0 heterocycles. The number of hydrazone groups is 1. The van der Waals surface area contributed by atoms with Gasteiger partial charge in [-0.05, 0) is 60.2 Å². The molecule has 0 fully saturated rings. The van der Waals surface area contributed by atoms with E-state index in [1.807, 2.05) is 0 Å². The molecule has 0 aliphatic heterocycles. The third-order valence-electron chi connectivity index (χ3n) is 4.42. The van der Waals surface area contributed by atoms with E-state index in [9.17, 15) is 14.4 Å². The molecule has 0 saturated heterocycles. The minimum Gasteiger partial charge on any atom is -0.497 e. The maximum absolute atomic E-state index is 12.4. The van der Waals surface area contributed by atoms with Crippen LogP contribution in [0.2, 0.25) is 5.02 Å². The molecule has 2 amide bonds. The van der Waals surface area contributed by atoms with Crippen LogP contribution in [0.3, 0.4) is 0 Å². The smallest absolute Gasteiger partial charge is 0.345 e. The summed E-state index contributed by atoms with van der Waals surface area (Å²) >= 11 is 6.03. The van der Waals surface area contributed by atoms with Gasteiger partial charge in [-0.3, -0.25) is 9.59 Å². The Hall–Kier alpha value is -4.37. The van der Waals surface area contributed by atoms with Crippen molar-refractivity contribution in [2.45, 2.75) is 0 Å². The van der Waals surface area contributed by atoms with Crippen LogP contribution >= 0.6 is 11.6 Å². The zero-order valence-corrected chi connectivity index (χ0v) is 19.0. The molecule has 0 aliphatic carbocycles. The number of nitrogens with one attached hydrogen (secondary N) is 2. The van der Waals surface area contributed by atoms with E-state index in [0.29, 0.717) is 17.0 Å². The second-order valence-corrected chi connectivity index (χ2v) is 7.07. The highest BCUT2D eigenvalue weighted by atomic mass is 35.5. The van der Waals surface area contributed by atoms with Crippen molar-refractivity contribution in [3.8, 4) is 17.2 Å². The lowest BCUT2D eigenvalue weighted by atomic mass is 10.2. The van der Waals surface area contributed by atoms with Crippen LogP contribution in [0.4, 0.5) is 5.69 Å². The molecular weight excluding hydrogens is 462 g/mol. The van der Waals surface area contributed by atoms with Crippen molar-refractivity contribution in [1.82, 2.24) is 5.43 Å². The first-order valence-corrected chi connectivity index (χ1v) is 10.2. The number of halogens is 1.